The number of fused-ring (bicyclic) bond motifs is 5. The van der Waals surface area contributed by atoms with Crippen molar-refractivity contribution in [3.63, 3.8) is 0 Å². The Balaban J connectivity index is 1.43. The van der Waals surface area contributed by atoms with E-state index in [-0.39, 0.29) is 11.6 Å². The zero-order valence-electron chi connectivity index (χ0n) is 11.0. The van der Waals surface area contributed by atoms with Crippen LogP contribution in [0.4, 0.5) is 0 Å². The number of amides is 1. The number of carboxylic acids is 1. The molecular formula is C15H16N2O3. The number of rotatable bonds is 3. The van der Waals surface area contributed by atoms with Gasteiger partial charge in [0, 0.05) is 12.2 Å². The summed E-state index contributed by atoms with van der Waals surface area (Å²) in [4.78, 5) is 26.6. The number of aromatic carboxylic acids is 1. The Hall–Kier alpha value is -1.91. The third-order valence-electron chi connectivity index (χ3n) is 5.28. The molecule has 4 unspecified atom stereocenters. The van der Waals surface area contributed by atoms with Gasteiger partial charge in [-0.2, -0.15) is 0 Å². The first-order valence-electron chi connectivity index (χ1n) is 7.15. The molecule has 3 saturated carbocycles. The van der Waals surface area contributed by atoms with Crippen molar-refractivity contribution >= 4 is 11.9 Å². The molecule has 2 N–H and O–H groups in total. The molecule has 0 spiro atoms. The summed E-state index contributed by atoms with van der Waals surface area (Å²) >= 11 is 0. The number of hydrogen-bond acceptors (Lipinski definition) is 3. The van der Waals surface area contributed by atoms with Crippen LogP contribution in [-0.2, 0) is 0 Å². The minimum Gasteiger partial charge on any atom is -0.477 e. The fraction of sp³-hybridized carbons (Fsp3) is 0.533. The molecule has 3 aliphatic carbocycles. The van der Waals surface area contributed by atoms with E-state index in [0.717, 1.165) is 11.8 Å². The molecule has 1 aromatic heterocycles. The van der Waals surface area contributed by atoms with Crippen LogP contribution >= 0.6 is 0 Å². The van der Waals surface area contributed by atoms with Gasteiger partial charge in [-0.1, -0.05) is 0 Å². The van der Waals surface area contributed by atoms with Gasteiger partial charge in [0.15, 0.2) is 0 Å². The first-order valence-corrected chi connectivity index (χ1v) is 7.15. The van der Waals surface area contributed by atoms with Gasteiger partial charge in [0.05, 0.1) is 5.56 Å². The van der Waals surface area contributed by atoms with Gasteiger partial charge >= 0.3 is 5.97 Å². The summed E-state index contributed by atoms with van der Waals surface area (Å²) in [5, 5.41) is 11.9. The largest absolute Gasteiger partial charge is 0.477 e. The van der Waals surface area contributed by atoms with Gasteiger partial charge in [-0.15, -0.1) is 0 Å². The van der Waals surface area contributed by atoms with E-state index >= 15 is 0 Å². The Morgan fingerprint density at radius 2 is 1.90 bits per heavy atom. The lowest BCUT2D eigenvalue weighted by molar-refractivity contribution is 0.0689. The summed E-state index contributed by atoms with van der Waals surface area (Å²) in [5.41, 5.74) is 0.398. The maximum Gasteiger partial charge on any atom is 0.354 e. The molecule has 3 fully saturated rings. The van der Waals surface area contributed by atoms with Crippen LogP contribution in [-0.4, -0.2) is 28.0 Å². The lowest BCUT2D eigenvalue weighted by atomic mass is 10.0. The molecule has 2 bridgehead atoms. The molecule has 20 heavy (non-hydrogen) atoms. The van der Waals surface area contributed by atoms with Crippen molar-refractivity contribution in [1.82, 2.24) is 10.3 Å². The van der Waals surface area contributed by atoms with E-state index in [0.29, 0.717) is 23.4 Å². The molecule has 104 valence electrons. The highest BCUT2D eigenvalue weighted by Crippen LogP contribution is 2.65. The standard InChI is InChI=1S/C15H16N2O3/c18-14(9-3-4-10(15(19)20)16-6-9)17-13-11-7-1-2-8(5-7)12(11)13/h3-4,6-8,11-13H,1-2,5H2,(H,17,18)(H,19,20). The fourth-order valence-corrected chi connectivity index (χ4v) is 4.41. The minimum atomic E-state index is -1.08. The summed E-state index contributed by atoms with van der Waals surface area (Å²) in [6.45, 7) is 0. The Bertz CT molecular complexity index is 567. The number of pyridine rings is 1. The zero-order valence-corrected chi connectivity index (χ0v) is 11.0. The highest BCUT2D eigenvalue weighted by molar-refractivity contribution is 5.95. The maximum absolute atomic E-state index is 12.1. The lowest BCUT2D eigenvalue weighted by Gasteiger charge is -2.10. The third-order valence-corrected chi connectivity index (χ3v) is 5.28. The molecule has 0 aromatic carbocycles. The molecule has 0 saturated heterocycles. The highest BCUT2D eigenvalue weighted by atomic mass is 16.4. The molecule has 0 radical (unpaired) electrons. The molecular weight excluding hydrogens is 256 g/mol. The van der Waals surface area contributed by atoms with Crippen LogP contribution in [0.1, 0.15) is 40.1 Å². The van der Waals surface area contributed by atoms with Crippen molar-refractivity contribution in [2.75, 3.05) is 0 Å². The van der Waals surface area contributed by atoms with Gasteiger partial charge in [-0.05, 0) is 55.1 Å². The summed E-state index contributed by atoms with van der Waals surface area (Å²) in [6.07, 6.45) is 5.35. The van der Waals surface area contributed by atoms with E-state index in [1.54, 1.807) is 0 Å². The summed E-state index contributed by atoms with van der Waals surface area (Å²) in [5.74, 6) is 1.83. The summed E-state index contributed by atoms with van der Waals surface area (Å²) < 4.78 is 0. The van der Waals surface area contributed by atoms with Gasteiger partial charge in [0.25, 0.3) is 5.91 Å². The predicted octanol–water partition coefficient (Wildman–Crippen LogP) is 1.55. The second-order valence-electron chi connectivity index (χ2n) is 6.22. The Labute approximate surface area is 116 Å². The predicted molar refractivity (Wildman–Crippen MR) is 70.3 cm³/mol. The van der Waals surface area contributed by atoms with Crippen LogP contribution in [0.3, 0.4) is 0 Å². The van der Waals surface area contributed by atoms with Crippen LogP contribution in [0.2, 0.25) is 0 Å². The number of carbonyl (C=O) groups excluding carboxylic acids is 1. The smallest absolute Gasteiger partial charge is 0.354 e. The Morgan fingerprint density at radius 3 is 2.45 bits per heavy atom. The molecule has 1 heterocycles. The van der Waals surface area contributed by atoms with Crippen molar-refractivity contribution in [3.8, 4) is 0 Å². The average Bonchev–Trinajstić information content (AvgIpc) is 2.84. The van der Waals surface area contributed by atoms with Gasteiger partial charge in [-0.25, -0.2) is 9.78 Å². The van der Waals surface area contributed by atoms with Crippen molar-refractivity contribution in [3.05, 3.63) is 29.6 Å². The van der Waals surface area contributed by atoms with E-state index < -0.39 is 5.97 Å². The molecule has 4 rings (SSSR count). The first kappa shape index (κ1) is 11.9. The number of carbonyl (C=O) groups is 2. The summed E-state index contributed by atoms with van der Waals surface area (Å²) in [7, 11) is 0. The lowest BCUT2D eigenvalue weighted by Crippen LogP contribution is -2.30. The van der Waals surface area contributed by atoms with Gasteiger partial charge < -0.3 is 10.4 Å². The monoisotopic (exact) mass is 272 g/mol. The topological polar surface area (TPSA) is 79.3 Å². The van der Waals surface area contributed by atoms with Crippen LogP contribution in [0.5, 0.6) is 0 Å². The molecule has 3 aliphatic rings. The fourth-order valence-electron chi connectivity index (χ4n) is 4.41. The quantitative estimate of drug-likeness (QED) is 0.875. The van der Waals surface area contributed by atoms with Crippen LogP contribution in [0.25, 0.3) is 0 Å². The molecule has 5 heteroatoms. The van der Waals surface area contributed by atoms with Gasteiger partial charge in [0.2, 0.25) is 0 Å². The molecule has 1 aromatic rings. The number of aromatic nitrogens is 1. The van der Waals surface area contributed by atoms with E-state index in [9.17, 15) is 9.59 Å². The molecule has 1 amide bonds. The number of carboxylic acid groups (broad SMARTS) is 1. The Morgan fingerprint density at radius 1 is 1.20 bits per heavy atom. The van der Waals surface area contributed by atoms with E-state index in [1.165, 1.54) is 37.6 Å². The van der Waals surface area contributed by atoms with Crippen molar-refractivity contribution in [2.24, 2.45) is 23.7 Å². The molecule has 5 nitrogen and oxygen atoms in total. The SMILES string of the molecule is O=C(NC1C2C3CCC(C3)C12)c1ccc(C(=O)O)nc1. The first-order chi connectivity index (χ1) is 9.65. The average molecular weight is 272 g/mol. The normalized spacial score (nSPS) is 36.5. The van der Waals surface area contributed by atoms with Crippen molar-refractivity contribution in [2.45, 2.75) is 25.3 Å². The summed E-state index contributed by atoms with van der Waals surface area (Å²) in [6, 6.07) is 3.24. The molecule has 4 atom stereocenters. The molecule has 0 aliphatic heterocycles. The van der Waals surface area contributed by atoms with Crippen LogP contribution in [0.15, 0.2) is 18.3 Å². The second-order valence-corrected chi connectivity index (χ2v) is 6.22. The third kappa shape index (κ3) is 1.65. The van der Waals surface area contributed by atoms with Crippen LogP contribution in [0, 0.1) is 23.7 Å². The minimum absolute atomic E-state index is 0.0390. The highest BCUT2D eigenvalue weighted by Gasteiger charge is 2.65. The van der Waals surface area contributed by atoms with E-state index in [2.05, 4.69) is 10.3 Å². The van der Waals surface area contributed by atoms with Crippen molar-refractivity contribution in [1.29, 1.82) is 0 Å². The maximum atomic E-state index is 12.1. The van der Waals surface area contributed by atoms with E-state index in [1.807, 2.05) is 0 Å². The number of nitrogens with zero attached hydrogens (tertiary/aromatic N) is 1. The zero-order chi connectivity index (χ0) is 13.9. The second kappa shape index (κ2) is 4.04. The van der Waals surface area contributed by atoms with E-state index in [4.69, 9.17) is 5.11 Å². The van der Waals surface area contributed by atoms with Crippen molar-refractivity contribution < 1.29 is 14.7 Å². The van der Waals surface area contributed by atoms with Gasteiger partial charge in [0.1, 0.15) is 5.69 Å². The van der Waals surface area contributed by atoms with Crippen LogP contribution < -0.4 is 5.32 Å². The number of nitrogens with one attached hydrogen (secondary N) is 1. The Kier molecular flexibility index (Phi) is 2.40. The number of hydrogen-bond donors (Lipinski definition) is 2. The van der Waals surface area contributed by atoms with Gasteiger partial charge in [-0.3, -0.25) is 4.79 Å².